The monoisotopic (exact) mass is 401 g/mol. The molecule has 1 aliphatic heterocycles. The fraction of sp³-hybridized carbons (Fsp3) is 0.250. The van der Waals surface area contributed by atoms with Crippen LogP contribution in [-0.2, 0) is 9.53 Å². The quantitative estimate of drug-likeness (QED) is 0.421. The molecule has 2 aromatic rings. The second kappa shape index (κ2) is 7.32. The van der Waals surface area contributed by atoms with Crippen LogP contribution in [0.15, 0.2) is 45.7 Å². The summed E-state index contributed by atoms with van der Waals surface area (Å²) in [6, 6.07) is 10.6. The summed E-state index contributed by atoms with van der Waals surface area (Å²) in [5, 5.41) is 0. The van der Waals surface area contributed by atoms with Crippen LogP contribution in [0.4, 0.5) is 0 Å². The third kappa shape index (κ3) is 3.84. The van der Waals surface area contributed by atoms with Crippen LogP contribution >= 0.6 is 24.0 Å². The molecule has 0 radical (unpaired) electrons. The number of rotatable bonds is 3. The molecule has 0 spiro atoms. The number of ether oxygens (including phenoxy) is 1. The van der Waals surface area contributed by atoms with Crippen molar-refractivity contribution >= 4 is 46.3 Å². The van der Waals surface area contributed by atoms with Crippen molar-refractivity contribution in [3.63, 3.8) is 0 Å². The summed E-state index contributed by atoms with van der Waals surface area (Å²) in [6.45, 7) is 5.82. The van der Waals surface area contributed by atoms with Gasteiger partial charge in [-0.15, -0.1) is 0 Å². The second-order valence-corrected chi connectivity index (χ2v) is 8.60. The van der Waals surface area contributed by atoms with Crippen molar-refractivity contribution in [2.24, 2.45) is 0 Å². The molecule has 2 heterocycles. The number of nitrogens with zero attached hydrogens (tertiary/aromatic N) is 1. The van der Waals surface area contributed by atoms with Crippen LogP contribution in [0.5, 0.6) is 0 Å². The van der Waals surface area contributed by atoms with Crippen LogP contribution in [0.2, 0.25) is 0 Å². The van der Waals surface area contributed by atoms with Gasteiger partial charge in [-0.1, -0.05) is 42.2 Å². The minimum absolute atomic E-state index is 0.134. The van der Waals surface area contributed by atoms with Gasteiger partial charge in [0.2, 0.25) is 0 Å². The molecular weight excluding hydrogens is 382 g/mol. The van der Waals surface area contributed by atoms with Crippen molar-refractivity contribution < 1.29 is 18.7 Å². The van der Waals surface area contributed by atoms with Gasteiger partial charge in [0.1, 0.15) is 15.8 Å². The molecule has 1 amide bonds. The average molecular weight is 402 g/mol. The lowest BCUT2D eigenvalue weighted by Gasteiger charge is -2.30. The number of methoxy groups -OCH3 is 1. The Balaban J connectivity index is 1.92. The van der Waals surface area contributed by atoms with Crippen LogP contribution in [0.1, 0.15) is 36.9 Å². The largest absolute Gasteiger partial charge is 0.465 e. The number of esters is 1. The molecule has 1 aromatic carbocycles. The number of furan rings is 1. The smallest absolute Gasteiger partial charge is 0.338 e. The summed E-state index contributed by atoms with van der Waals surface area (Å²) in [5.41, 5.74) is 0.663. The number of benzene rings is 1. The van der Waals surface area contributed by atoms with Crippen molar-refractivity contribution in [1.29, 1.82) is 0 Å². The van der Waals surface area contributed by atoms with Crippen molar-refractivity contribution in [2.45, 2.75) is 26.3 Å². The maximum atomic E-state index is 12.7. The molecule has 0 saturated carbocycles. The number of thioether (sulfide) groups is 1. The predicted octanol–water partition coefficient (Wildman–Crippen LogP) is 4.73. The molecule has 1 aliphatic rings. The Morgan fingerprint density at radius 2 is 1.93 bits per heavy atom. The summed E-state index contributed by atoms with van der Waals surface area (Å²) in [7, 11) is 1.34. The topological polar surface area (TPSA) is 59.8 Å². The molecule has 7 heteroatoms. The number of carbonyl (C=O) groups excluding carboxylic acids is 2. The standard InChI is InChI=1S/C20H19NO4S2/c1-20(2,3)21-17(22)16(27-19(21)26)11-12-9-10-15(25-12)13-7-5-6-8-14(13)18(23)24-4/h5-11H,1-4H3/b16-11+. The number of hydrogen-bond donors (Lipinski definition) is 0. The average Bonchev–Trinajstić information content (AvgIpc) is 3.18. The third-order valence-corrected chi connectivity index (χ3v) is 5.26. The van der Waals surface area contributed by atoms with Gasteiger partial charge < -0.3 is 9.15 Å². The molecule has 3 rings (SSSR count). The fourth-order valence-electron chi connectivity index (χ4n) is 2.74. The van der Waals surface area contributed by atoms with Crippen molar-refractivity contribution in [2.75, 3.05) is 7.11 Å². The van der Waals surface area contributed by atoms with Crippen molar-refractivity contribution in [3.8, 4) is 11.3 Å². The maximum absolute atomic E-state index is 12.7. The van der Waals surface area contributed by atoms with E-state index in [-0.39, 0.29) is 11.4 Å². The van der Waals surface area contributed by atoms with Gasteiger partial charge >= 0.3 is 5.97 Å². The first kappa shape index (κ1) is 19.4. The Bertz CT molecular complexity index is 953. The first-order valence-corrected chi connectivity index (χ1v) is 9.50. The van der Waals surface area contributed by atoms with Crippen LogP contribution in [0.3, 0.4) is 0 Å². The molecule has 0 atom stereocenters. The van der Waals surface area contributed by atoms with E-state index in [9.17, 15) is 9.59 Å². The molecule has 27 heavy (non-hydrogen) atoms. The summed E-state index contributed by atoms with van der Waals surface area (Å²) < 4.78 is 11.2. The van der Waals surface area contributed by atoms with Crippen LogP contribution in [0, 0.1) is 0 Å². The number of carbonyl (C=O) groups is 2. The Morgan fingerprint density at radius 3 is 2.56 bits per heavy atom. The summed E-state index contributed by atoms with van der Waals surface area (Å²) >= 11 is 6.60. The highest BCUT2D eigenvalue weighted by Crippen LogP contribution is 2.37. The van der Waals surface area contributed by atoms with E-state index in [4.69, 9.17) is 21.4 Å². The van der Waals surface area contributed by atoms with Crippen LogP contribution < -0.4 is 0 Å². The number of thiocarbonyl (C=S) groups is 1. The molecule has 0 aliphatic carbocycles. The fourth-order valence-corrected chi connectivity index (χ4v) is 4.35. The lowest BCUT2D eigenvalue weighted by atomic mass is 10.1. The first-order chi connectivity index (χ1) is 12.7. The van der Waals surface area contributed by atoms with Crippen LogP contribution in [0.25, 0.3) is 17.4 Å². The molecule has 140 valence electrons. The van der Waals surface area contributed by atoms with E-state index in [0.717, 1.165) is 0 Å². The van der Waals surface area contributed by atoms with Crippen molar-refractivity contribution in [1.82, 2.24) is 4.90 Å². The van der Waals surface area contributed by atoms with E-state index < -0.39 is 5.97 Å². The van der Waals surface area contributed by atoms with Gasteiger partial charge in [-0.3, -0.25) is 9.69 Å². The van der Waals surface area contributed by atoms with Gasteiger partial charge in [-0.05, 0) is 39.0 Å². The summed E-state index contributed by atoms with van der Waals surface area (Å²) in [6.07, 6.45) is 1.68. The second-order valence-electron chi connectivity index (χ2n) is 6.93. The van der Waals surface area contributed by atoms with Gasteiger partial charge in [-0.2, -0.15) is 0 Å². The summed E-state index contributed by atoms with van der Waals surface area (Å²) in [4.78, 5) is 26.7. The van der Waals surface area contributed by atoms with E-state index in [1.54, 1.807) is 41.3 Å². The van der Waals surface area contributed by atoms with Crippen molar-refractivity contribution in [3.05, 3.63) is 52.6 Å². The lowest BCUT2D eigenvalue weighted by Crippen LogP contribution is -2.44. The Hall–Kier alpha value is -2.38. The lowest BCUT2D eigenvalue weighted by molar-refractivity contribution is -0.125. The predicted molar refractivity (Wildman–Crippen MR) is 110 cm³/mol. The zero-order chi connectivity index (χ0) is 19.8. The molecule has 0 bridgehead atoms. The molecule has 1 aromatic heterocycles. The van der Waals surface area contributed by atoms with Gasteiger partial charge in [0.05, 0.1) is 17.6 Å². The zero-order valence-corrected chi connectivity index (χ0v) is 17.1. The van der Waals surface area contributed by atoms with E-state index in [2.05, 4.69) is 0 Å². The molecule has 0 N–H and O–H groups in total. The van der Waals surface area contributed by atoms with Gasteiger partial charge in [-0.25, -0.2) is 4.79 Å². The van der Waals surface area contributed by atoms with Crippen LogP contribution in [-0.4, -0.2) is 33.7 Å². The Labute approximate surface area is 167 Å². The van der Waals surface area contributed by atoms with E-state index in [0.29, 0.717) is 31.9 Å². The highest BCUT2D eigenvalue weighted by Gasteiger charge is 2.39. The van der Waals surface area contributed by atoms with Gasteiger partial charge in [0.25, 0.3) is 5.91 Å². The maximum Gasteiger partial charge on any atom is 0.338 e. The SMILES string of the molecule is COC(=O)c1ccccc1-c1ccc(/C=C2/SC(=S)N(C(C)(C)C)C2=O)o1. The highest BCUT2D eigenvalue weighted by atomic mass is 32.2. The Morgan fingerprint density at radius 1 is 1.22 bits per heavy atom. The zero-order valence-electron chi connectivity index (χ0n) is 15.4. The van der Waals surface area contributed by atoms with Gasteiger partial charge in [0, 0.05) is 17.2 Å². The van der Waals surface area contributed by atoms with Gasteiger partial charge in [0.15, 0.2) is 0 Å². The minimum atomic E-state index is -0.436. The first-order valence-electron chi connectivity index (χ1n) is 8.28. The summed E-state index contributed by atoms with van der Waals surface area (Å²) in [5.74, 6) is 0.465. The normalized spacial score (nSPS) is 16.3. The van der Waals surface area contributed by atoms with E-state index in [1.807, 2.05) is 26.8 Å². The molecule has 1 saturated heterocycles. The Kier molecular flexibility index (Phi) is 5.26. The van der Waals surface area contributed by atoms with E-state index >= 15 is 0 Å². The third-order valence-electron chi connectivity index (χ3n) is 3.96. The minimum Gasteiger partial charge on any atom is -0.465 e. The molecule has 1 fully saturated rings. The highest BCUT2D eigenvalue weighted by molar-refractivity contribution is 8.26. The number of hydrogen-bond acceptors (Lipinski definition) is 6. The molecule has 5 nitrogen and oxygen atoms in total. The number of amides is 1. The van der Waals surface area contributed by atoms with E-state index in [1.165, 1.54) is 18.9 Å². The molecule has 0 unspecified atom stereocenters. The molecular formula is C20H19NO4S2.